The Kier molecular flexibility index (Phi) is 14.3. The van der Waals surface area contributed by atoms with E-state index in [1.807, 2.05) is 74.3 Å². The summed E-state index contributed by atoms with van der Waals surface area (Å²) in [5.74, 6) is -0.289. The van der Waals surface area contributed by atoms with E-state index in [2.05, 4.69) is 19.6 Å². The molecule has 0 radical (unpaired) electrons. The molecule has 1 aliphatic carbocycles. The van der Waals surface area contributed by atoms with Crippen LogP contribution in [-0.4, -0.2) is 155 Å². The third-order valence-corrected chi connectivity index (χ3v) is 8.56. The van der Waals surface area contributed by atoms with Gasteiger partial charge in [-0.1, -0.05) is 6.07 Å². The molecule has 0 spiro atoms. The number of anilines is 1. The molecule has 3 rings (SSSR count). The van der Waals surface area contributed by atoms with Gasteiger partial charge in [-0.2, -0.15) is 0 Å². The molecule has 1 aliphatic heterocycles. The third-order valence-electron chi connectivity index (χ3n) is 8.56. The molecule has 1 heterocycles. The van der Waals surface area contributed by atoms with Crippen molar-refractivity contribution >= 4 is 28.6 Å². The van der Waals surface area contributed by atoms with Gasteiger partial charge in [-0.05, 0) is 134 Å². The number of fused-ring (bicyclic) bond motifs is 2. The largest absolute Gasteiger partial charge is 0.452 e. The van der Waals surface area contributed by atoms with Crippen molar-refractivity contribution in [2.45, 2.75) is 39.5 Å². The number of carbonyl (C=O) groups excluding carboxylic acids is 2. The van der Waals surface area contributed by atoms with E-state index in [1.165, 1.54) is 0 Å². The van der Waals surface area contributed by atoms with Crippen molar-refractivity contribution in [1.82, 2.24) is 34.4 Å². The lowest BCUT2D eigenvalue weighted by Gasteiger charge is -2.27. The fourth-order valence-electron chi connectivity index (χ4n) is 5.85. The van der Waals surface area contributed by atoms with Crippen molar-refractivity contribution in [3.8, 4) is 11.5 Å². The van der Waals surface area contributed by atoms with E-state index in [0.29, 0.717) is 42.8 Å². The van der Waals surface area contributed by atoms with Crippen LogP contribution in [0.5, 0.6) is 0 Å². The van der Waals surface area contributed by atoms with Gasteiger partial charge in [0.2, 0.25) is 5.43 Å². The summed E-state index contributed by atoms with van der Waals surface area (Å²) < 4.78 is 6.45. The molecular weight excluding hydrogens is 608 g/mol. The molecule has 0 fully saturated rings. The molecule has 0 aromatic heterocycles. The van der Waals surface area contributed by atoms with E-state index in [1.54, 1.807) is 17.9 Å². The highest BCUT2D eigenvalue weighted by atomic mass is 16.3. The van der Waals surface area contributed by atoms with Crippen LogP contribution in [0.15, 0.2) is 21.3 Å². The van der Waals surface area contributed by atoms with Crippen LogP contribution in [0.3, 0.4) is 0 Å². The second-order valence-corrected chi connectivity index (χ2v) is 14.0. The topological polar surface area (TPSA) is 123 Å². The fourth-order valence-corrected chi connectivity index (χ4v) is 5.85. The Morgan fingerprint density at radius 2 is 1.12 bits per heavy atom. The zero-order valence-corrected chi connectivity index (χ0v) is 31.0. The Morgan fingerprint density at radius 1 is 0.688 bits per heavy atom. The van der Waals surface area contributed by atoms with Crippen LogP contribution < -0.4 is 11.2 Å². The molecule has 0 bridgehead atoms. The van der Waals surface area contributed by atoms with Gasteiger partial charge >= 0.3 is 0 Å². The molecule has 2 aliphatic rings. The van der Waals surface area contributed by atoms with Crippen molar-refractivity contribution in [1.29, 1.82) is 0 Å². The molecule has 48 heavy (non-hydrogen) atoms. The van der Waals surface area contributed by atoms with Gasteiger partial charge in [0.25, 0.3) is 11.8 Å². The van der Waals surface area contributed by atoms with E-state index >= 15 is 0 Å². The number of nitrogen functional groups attached to an aromatic ring is 1. The quantitative estimate of drug-likeness (QED) is 0.160. The SMILES string of the molecule is Cc1c2oc3c(C)ccc(C(=O)N(CCCN(C)C)CCCN(C)C)c3nc-2c(C(=O)N(CCCN(C)C)CCCN(C)C)c(N)c1=O. The number of amides is 2. The minimum Gasteiger partial charge on any atom is -0.452 e. The smallest absolute Gasteiger partial charge is 0.258 e. The molecule has 0 saturated carbocycles. The molecule has 0 unspecified atom stereocenters. The Labute approximate surface area is 286 Å². The van der Waals surface area contributed by atoms with Crippen molar-refractivity contribution in [3.05, 3.63) is 44.6 Å². The maximum absolute atomic E-state index is 14.4. The number of aromatic nitrogens is 1. The summed E-state index contributed by atoms with van der Waals surface area (Å²) in [6.07, 6.45) is 3.15. The highest BCUT2D eigenvalue weighted by molar-refractivity contribution is 6.08. The molecule has 12 heteroatoms. The molecule has 12 nitrogen and oxygen atoms in total. The second-order valence-electron chi connectivity index (χ2n) is 14.0. The highest BCUT2D eigenvalue weighted by Crippen LogP contribution is 2.35. The fraction of sp³-hybridized carbons (Fsp3) is 0.611. The molecule has 266 valence electrons. The number of aryl methyl sites for hydroxylation is 1. The Hall–Kier alpha value is -3.58. The molecule has 0 atom stereocenters. The van der Waals surface area contributed by atoms with E-state index in [0.717, 1.165) is 57.4 Å². The van der Waals surface area contributed by atoms with Crippen molar-refractivity contribution in [3.63, 3.8) is 0 Å². The monoisotopic (exact) mass is 666 g/mol. The number of nitrogens with zero attached hydrogens (tertiary/aromatic N) is 7. The van der Waals surface area contributed by atoms with E-state index in [9.17, 15) is 14.4 Å². The molecule has 0 saturated heterocycles. The average molecular weight is 667 g/mol. The van der Waals surface area contributed by atoms with E-state index < -0.39 is 5.43 Å². The van der Waals surface area contributed by atoms with Crippen LogP contribution in [0, 0.1) is 13.8 Å². The maximum Gasteiger partial charge on any atom is 0.258 e. The first-order chi connectivity index (χ1) is 22.6. The molecule has 2 N–H and O–H groups in total. The zero-order valence-electron chi connectivity index (χ0n) is 31.0. The van der Waals surface area contributed by atoms with Gasteiger partial charge in [-0.3, -0.25) is 14.4 Å². The number of carbonyl (C=O) groups is 2. The van der Waals surface area contributed by atoms with Gasteiger partial charge in [0.15, 0.2) is 11.3 Å². The number of hydrogen-bond acceptors (Lipinski definition) is 10. The molecular formula is C36H58N8O4. The van der Waals surface area contributed by atoms with Crippen LogP contribution in [-0.2, 0) is 0 Å². The lowest BCUT2D eigenvalue weighted by Crippen LogP contribution is -2.37. The standard InChI is InChI=1S/C36H58N8O4/c1-25-15-16-27(35(46)43(21-11-17-39(3)4)22-12-18-40(5)6)30-33(25)48-34-26(2)32(45)29(37)28(31(34)38-30)36(47)44(23-13-19-41(7)8)24-14-20-42(9)10/h15-16H,11-14,17-24,37H2,1-10H3. The zero-order chi connectivity index (χ0) is 35.7. The number of benzene rings is 2. The van der Waals surface area contributed by atoms with Crippen LogP contribution in [0.1, 0.15) is 57.5 Å². The number of hydrogen-bond donors (Lipinski definition) is 1. The van der Waals surface area contributed by atoms with Gasteiger partial charge in [0.05, 0.1) is 16.8 Å². The Bertz CT molecular complexity index is 1540. The average Bonchev–Trinajstić information content (AvgIpc) is 3.01. The summed E-state index contributed by atoms with van der Waals surface area (Å²) in [6.45, 7) is 9.01. The molecule has 1 aromatic rings. The minimum atomic E-state index is -0.449. The lowest BCUT2D eigenvalue weighted by molar-refractivity contribution is 0.0739. The Balaban J connectivity index is 2.20. The summed E-state index contributed by atoms with van der Waals surface area (Å²) in [7, 11) is 16.1. The summed E-state index contributed by atoms with van der Waals surface area (Å²) in [5.41, 5.74) is 8.34. The van der Waals surface area contributed by atoms with E-state index in [-0.39, 0.29) is 40.1 Å². The summed E-state index contributed by atoms with van der Waals surface area (Å²) in [5, 5.41) is 0. The summed E-state index contributed by atoms with van der Waals surface area (Å²) >= 11 is 0. The van der Waals surface area contributed by atoms with Crippen LogP contribution in [0.25, 0.3) is 22.6 Å². The van der Waals surface area contributed by atoms with E-state index in [4.69, 9.17) is 15.1 Å². The molecule has 1 aromatic carbocycles. The van der Waals surface area contributed by atoms with Crippen molar-refractivity contribution in [2.75, 3.05) is 114 Å². The lowest BCUT2D eigenvalue weighted by atomic mass is 9.99. The van der Waals surface area contributed by atoms with Gasteiger partial charge in [-0.25, -0.2) is 4.98 Å². The summed E-state index contributed by atoms with van der Waals surface area (Å²) in [4.78, 5) is 59.1. The first kappa shape index (κ1) is 38.9. The first-order valence-electron chi connectivity index (χ1n) is 17.0. The van der Waals surface area contributed by atoms with Crippen molar-refractivity contribution < 1.29 is 14.0 Å². The molecule has 2 amide bonds. The second kappa shape index (κ2) is 17.7. The van der Waals surface area contributed by atoms with Gasteiger partial charge in [-0.15, -0.1) is 0 Å². The summed E-state index contributed by atoms with van der Waals surface area (Å²) in [6, 6.07) is 3.63. The first-order valence-corrected chi connectivity index (χ1v) is 17.0. The van der Waals surface area contributed by atoms with Gasteiger partial charge in [0.1, 0.15) is 11.2 Å². The predicted molar refractivity (Wildman–Crippen MR) is 195 cm³/mol. The van der Waals surface area contributed by atoms with Crippen molar-refractivity contribution in [2.24, 2.45) is 0 Å². The Morgan fingerprint density at radius 3 is 1.56 bits per heavy atom. The van der Waals surface area contributed by atoms with Gasteiger partial charge < -0.3 is 39.6 Å². The number of nitrogens with two attached hydrogens (primary N) is 1. The predicted octanol–water partition coefficient (Wildman–Crippen LogP) is 3.18. The number of rotatable bonds is 18. The normalized spacial score (nSPS) is 12.0. The minimum absolute atomic E-state index is 0.0367. The maximum atomic E-state index is 14.4. The third kappa shape index (κ3) is 9.97. The highest BCUT2D eigenvalue weighted by Gasteiger charge is 2.31. The van der Waals surface area contributed by atoms with Crippen LogP contribution in [0.4, 0.5) is 5.69 Å². The van der Waals surface area contributed by atoms with Crippen LogP contribution >= 0.6 is 0 Å². The van der Waals surface area contributed by atoms with Gasteiger partial charge in [0, 0.05) is 31.7 Å². The van der Waals surface area contributed by atoms with Crippen LogP contribution in [0.2, 0.25) is 0 Å².